The van der Waals surface area contributed by atoms with Crippen molar-refractivity contribution < 1.29 is 5.11 Å². The lowest BCUT2D eigenvalue weighted by atomic mass is 9.83. The number of rotatable bonds is 1. The van der Waals surface area contributed by atoms with Crippen molar-refractivity contribution in [3.05, 3.63) is 28.8 Å². The first-order chi connectivity index (χ1) is 8.19. The van der Waals surface area contributed by atoms with Gasteiger partial charge in [0, 0.05) is 11.1 Å². The highest BCUT2D eigenvalue weighted by Crippen LogP contribution is 2.42. The number of benzene rings is 1. The molecule has 2 nitrogen and oxygen atoms in total. The Bertz CT molecular complexity index is 433. The van der Waals surface area contributed by atoms with E-state index in [9.17, 15) is 5.11 Å². The third kappa shape index (κ3) is 1.85. The molecular weight excluding hydrogens is 210 g/mol. The maximum absolute atomic E-state index is 10.2. The smallest absolute Gasteiger partial charge is 0.120 e. The average Bonchev–Trinajstić information content (AvgIpc) is 2.76. The van der Waals surface area contributed by atoms with E-state index >= 15 is 0 Å². The van der Waals surface area contributed by atoms with Gasteiger partial charge >= 0.3 is 0 Å². The number of nitrogens with two attached hydrogens (primary N) is 1. The van der Waals surface area contributed by atoms with Gasteiger partial charge in [0.25, 0.3) is 0 Å². The number of fused-ring (bicyclic) bond motifs is 1. The molecule has 0 saturated heterocycles. The summed E-state index contributed by atoms with van der Waals surface area (Å²) in [5.41, 5.74) is 9.93. The maximum Gasteiger partial charge on any atom is 0.120 e. The summed E-state index contributed by atoms with van der Waals surface area (Å²) >= 11 is 0. The minimum atomic E-state index is -0.267. The molecule has 0 aromatic heterocycles. The van der Waals surface area contributed by atoms with Crippen molar-refractivity contribution in [2.24, 2.45) is 5.73 Å². The molecule has 1 aromatic carbocycles. The first kappa shape index (κ1) is 11.1. The van der Waals surface area contributed by atoms with E-state index < -0.39 is 0 Å². The third-order valence-electron chi connectivity index (χ3n) is 4.49. The molecule has 0 atom stereocenters. The van der Waals surface area contributed by atoms with Crippen LogP contribution in [0.15, 0.2) is 12.1 Å². The van der Waals surface area contributed by atoms with Crippen LogP contribution in [0.4, 0.5) is 0 Å². The molecule has 2 aliphatic rings. The fourth-order valence-corrected chi connectivity index (χ4v) is 3.45. The Morgan fingerprint density at radius 2 is 1.53 bits per heavy atom. The van der Waals surface area contributed by atoms with Crippen LogP contribution < -0.4 is 5.73 Å². The zero-order chi connectivity index (χ0) is 11.9. The molecule has 0 radical (unpaired) electrons. The molecule has 92 valence electrons. The number of phenols is 1. The minimum absolute atomic E-state index is 0.267. The Morgan fingerprint density at radius 3 is 2.18 bits per heavy atom. The van der Waals surface area contributed by atoms with Gasteiger partial charge in [-0.2, -0.15) is 0 Å². The van der Waals surface area contributed by atoms with Crippen molar-refractivity contribution in [3.63, 3.8) is 0 Å². The molecule has 3 rings (SSSR count). The lowest BCUT2D eigenvalue weighted by Gasteiger charge is -2.27. The molecule has 1 aromatic rings. The Morgan fingerprint density at radius 1 is 0.941 bits per heavy atom. The van der Waals surface area contributed by atoms with Crippen molar-refractivity contribution in [1.29, 1.82) is 0 Å². The summed E-state index contributed by atoms with van der Waals surface area (Å²) in [4.78, 5) is 0. The van der Waals surface area contributed by atoms with Crippen LogP contribution in [0, 0.1) is 0 Å². The van der Waals surface area contributed by atoms with Crippen LogP contribution in [0.5, 0.6) is 5.75 Å². The van der Waals surface area contributed by atoms with Gasteiger partial charge in [0.1, 0.15) is 5.75 Å². The topological polar surface area (TPSA) is 46.2 Å². The standard InChI is InChI=1S/C15H21NO/c16-15(7-3-4-8-15)13-9-11-5-1-2-6-12(11)10-14(13)17/h9-10,17H,1-8,16H2. The van der Waals surface area contributed by atoms with Gasteiger partial charge in [-0.3, -0.25) is 0 Å². The van der Waals surface area contributed by atoms with Gasteiger partial charge < -0.3 is 10.8 Å². The molecule has 0 bridgehead atoms. The van der Waals surface area contributed by atoms with E-state index in [1.165, 1.54) is 36.8 Å². The predicted octanol–water partition coefficient (Wildman–Crippen LogP) is 3.00. The van der Waals surface area contributed by atoms with Crippen LogP contribution in [0.25, 0.3) is 0 Å². The lowest BCUT2D eigenvalue weighted by molar-refractivity contribution is 0.407. The molecular formula is C15H21NO. The largest absolute Gasteiger partial charge is 0.508 e. The maximum atomic E-state index is 10.2. The summed E-state index contributed by atoms with van der Waals surface area (Å²) < 4.78 is 0. The van der Waals surface area contributed by atoms with Crippen molar-refractivity contribution >= 4 is 0 Å². The van der Waals surface area contributed by atoms with E-state index in [4.69, 9.17) is 5.73 Å². The highest BCUT2D eigenvalue weighted by atomic mass is 16.3. The fraction of sp³-hybridized carbons (Fsp3) is 0.600. The summed E-state index contributed by atoms with van der Waals surface area (Å²) in [6, 6.07) is 4.16. The molecule has 0 amide bonds. The fourth-order valence-electron chi connectivity index (χ4n) is 3.45. The Kier molecular flexibility index (Phi) is 2.62. The van der Waals surface area contributed by atoms with Crippen LogP contribution in [-0.2, 0) is 18.4 Å². The number of hydrogen-bond acceptors (Lipinski definition) is 2. The first-order valence-electron chi connectivity index (χ1n) is 6.83. The number of hydrogen-bond donors (Lipinski definition) is 2. The molecule has 1 fully saturated rings. The van der Waals surface area contributed by atoms with Crippen molar-refractivity contribution in [2.45, 2.75) is 56.9 Å². The summed E-state index contributed by atoms with van der Waals surface area (Å²) in [5, 5.41) is 10.2. The molecule has 0 spiro atoms. The highest BCUT2D eigenvalue weighted by Gasteiger charge is 2.34. The highest BCUT2D eigenvalue weighted by molar-refractivity contribution is 5.46. The summed E-state index contributed by atoms with van der Waals surface area (Å²) in [7, 11) is 0. The van der Waals surface area contributed by atoms with Gasteiger partial charge in [-0.15, -0.1) is 0 Å². The molecule has 3 N–H and O–H groups in total. The van der Waals surface area contributed by atoms with Crippen molar-refractivity contribution in [1.82, 2.24) is 0 Å². The molecule has 2 heteroatoms. The number of aromatic hydroxyl groups is 1. The van der Waals surface area contributed by atoms with Crippen LogP contribution in [0.1, 0.15) is 55.2 Å². The SMILES string of the molecule is NC1(c2cc3c(cc2O)CCCC3)CCCC1. The van der Waals surface area contributed by atoms with E-state index in [0.717, 1.165) is 31.2 Å². The van der Waals surface area contributed by atoms with Crippen LogP contribution in [0.2, 0.25) is 0 Å². The van der Waals surface area contributed by atoms with Crippen LogP contribution in [-0.4, -0.2) is 5.11 Å². The Balaban J connectivity index is 2.04. The van der Waals surface area contributed by atoms with Gasteiger partial charge in [0.15, 0.2) is 0 Å². The zero-order valence-electron chi connectivity index (χ0n) is 10.3. The van der Waals surface area contributed by atoms with Gasteiger partial charge in [0.05, 0.1) is 0 Å². The number of phenolic OH excluding ortho intramolecular Hbond substituents is 1. The molecule has 17 heavy (non-hydrogen) atoms. The van der Waals surface area contributed by atoms with Gasteiger partial charge in [-0.25, -0.2) is 0 Å². The van der Waals surface area contributed by atoms with Crippen molar-refractivity contribution in [2.75, 3.05) is 0 Å². The second-order valence-electron chi connectivity index (χ2n) is 5.71. The first-order valence-corrected chi connectivity index (χ1v) is 6.83. The summed E-state index contributed by atoms with van der Waals surface area (Å²) in [6.07, 6.45) is 9.19. The molecule has 2 aliphatic carbocycles. The monoisotopic (exact) mass is 231 g/mol. The second kappa shape index (κ2) is 4.02. The van der Waals surface area contributed by atoms with E-state index in [1.807, 2.05) is 6.07 Å². The zero-order valence-corrected chi connectivity index (χ0v) is 10.3. The lowest BCUT2D eigenvalue weighted by Crippen LogP contribution is -2.33. The van der Waals surface area contributed by atoms with E-state index in [0.29, 0.717) is 5.75 Å². The van der Waals surface area contributed by atoms with E-state index in [2.05, 4.69) is 6.07 Å². The summed E-state index contributed by atoms with van der Waals surface area (Å²) in [6.45, 7) is 0. The summed E-state index contributed by atoms with van der Waals surface area (Å²) in [5.74, 6) is 0.426. The number of aryl methyl sites for hydroxylation is 2. The minimum Gasteiger partial charge on any atom is -0.508 e. The molecule has 0 heterocycles. The Labute approximate surface area is 103 Å². The van der Waals surface area contributed by atoms with Gasteiger partial charge in [0.2, 0.25) is 0 Å². The van der Waals surface area contributed by atoms with E-state index in [1.54, 1.807) is 0 Å². The molecule has 1 saturated carbocycles. The normalized spacial score (nSPS) is 22.4. The quantitative estimate of drug-likeness (QED) is 0.780. The Hall–Kier alpha value is -1.02. The average molecular weight is 231 g/mol. The van der Waals surface area contributed by atoms with Crippen LogP contribution >= 0.6 is 0 Å². The molecule has 0 unspecified atom stereocenters. The predicted molar refractivity (Wildman–Crippen MR) is 69.1 cm³/mol. The van der Waals surface area contributed by atoms with E-state index in [-0.39, 0.29) is 5.54 Å². The van der Waals surface area contributed by atoms with Crippen molar-refractivity contribution in [3.8, 4) is 5.75 Å². The second-order valence-corrected chi connectivity index (χ2v) is 5.71. The third-order valence-corrected chi connectivity index (χ3v) is 4.49. The molecule has 0 aliphatic heterocycles. The van der Waals surface area contributed by atoms with Crippen LogP contribution in [0.3, 0.4) is 0 Å². The van der Waals surface area contributed by atoms with Gasteiger partial charge in [-0.05, 0) is 61.8 Å². The van der Waals surface area contributed by atoms with Gasteiger partial charge in [-0.1, -0.05) is 12.8 Å².